The van der Waals surface area contributed by atoms with E-state index in [0.29, 0.717) is 24.0 Å². The molecule has 2 heterocycles. The van der Waals surface area contributed by atoms with Gasteiger partial charge in [-0.1, -0.05) is 25.3 Å². The Balaban J connectivity index is 1.43. The minimum Gasteiger partial charge on any atom is -0.468 e. The lowest BCUT2D eigenvalue weighted by Gasteiger charge is -2.40. The number of nitrogens with zero attached hydrogens (tertiary/aromatic N) is 3. The largest absolute Gasteiger partial charge is 0.468 e. The third kappa shape index (κ3) is 8.04. The first-order valence-corrected chi connectivity index (χ1v) is 13.9. The monoisotopic (exact) mass is 555 g/mol. The SMILES string of the molecule is COCOc1ccc2c(c1)CN(C(=O)OC(C)(C)C)[C@H]([C@H](O)CNC(=O)c1cc(NC3CCCCC3)ncn1)C2. The molecule has 1 aromatic heterocycles. The zero-order valence-corrected chi connectivity index (χ0v) is 23.8. The van der Waals surface area contributed by atoms with Crippen LogP contribution in [0.5, 0.6) is 5.75 Å². The molecular weight excluding hydrogens is 514 g/mol. The van der Waals surface area contributed by atoms with E-state index in [-0.39, 0.29) is 25.6 Å². The van der Waals surface area contributed by atoms with Gasteiger partial charge in [0.15, 0.2) is 6.79 Å². The number of rotatable bonds is 9. The summed E-state index contributed by atoms with van der Waals surface area (Å²) in [7, 11) is 1.55. The van der Waals surface area contributed by atoms with Crippen LogP contribution in [0.4, 0.5) is 10.6 Å². The number of benzene rings is 1. The summed E-state index contributed by atoms with van der Waals surface area (Å²) in [4.78, 5) is 36.0. The zero-order chi connectivity index (χ0) is 28.7. The number of anilines is 1. The maximum atomic E-state index is 13.2. The van der Waals surface area contributed by atoms with Crippen LogP contribution in [0.25, 0.3) is 0 Å². The van der Waals surface area contributed by atoms with Crippen molar-refractivity contribution in [2.45, 2.75) is 89.6 Å². The molecule has 1 aliphatic heterocycles. The quantitative estimate of drug-likeness (QED) is 0.396. The lowest BCUT2D eigenvalue weighted by molar-refractivity contribution is -0.0114. The van der Waals surface area contributed by atoms with Gasteiger partial charge >= 0.3 is 6.09 Å². The molecule has 218 valence electrons. The molecule has 3 N–H and O–H groups in total. The molecule has 2 amide bonds. The van der Waals surface area contributed by atoms with Crippen LogP contribution in [0, 0.1) is 0 Å². The number of hydrogen-bond acceptors (Lipinski definition) is 9. The molecule has 1 aromatic carbocycles. The molecule has 0 saturated heterocycles. The molecule has 1 saturated carbocycles. The van der Waals surface area contributed by atoms with Crippen molar-refractivity contribution < 1.29 is 28.9 Å². The number of ether oxygens (including phenoxy) is 3. The van der Waals surface area contributed by atoms with E-state index < -0.39 is 29.7 Å². The van der Waals surface area contributed by atoms with Crippen LogP contribution in [-0.2, 0) is 22.4 Å². The Morgan fingerprint density at radius 3 is 2.62 bits per heavy atom. The fourth-order valence-corrected chi connectivity index (χ4v) is 5.11. The highest BCUT2D eigenvalue weighted by Crippen LogP contribution is 2.30. The second-order valence-electron chi connectivity index (χ2n) is 11.4. The van der Waals surface area contributed by atoms with E-state index in [2.05, 4.69) is 20.6 Å². The second kappa shape index (κ2) is 13.3. The van der Waals surface area contributed by atoms with Crippen LogP contribution < -0.4 is 15.4 Å². The predicted octanol–water partition coefficient (Wildman–Crippen LogP) is 3.66. The van der Waals surface area contributed by atoms with Gasteiger partial charge in [-0.15, -0.1) is 0 Å². The maximum Gasteiger partial charge on any atom is 0.410 e. The average molecular weight is 556 g/mol. The van der Waals surface area contributed by atoms with Crippen molar-refractivity contribution >= 4 is 17.8 Å². The minimum absolute atomic E-state index is 0.0669. The van der Waals surface area contributed by atoms with Gasteiger partial charge in [-0.05, 0) is 63.3 Å². The number of carbonyl (C=O) groups excluding carboxylic acids is 2. The van der Waals surface area contributed by atoms with E-state index in [1.165, 1.54) is 30.5 Å². The normalized spacial score (nSPS) is 18.4. The van der Waals surface area contributed by atoms with Gasteiger partial charge in [0.2, 0.25) is 0 Å². The molecule has 2 aliphatic rings. The van der Waals surface area contributed by atoms with Gasteiger partial charge < -0.3 is 30.0 Å². The third-order valence-corrected chi connectivity index (χ3v) is 7.09. The van der Waals surface area contributed by atoms with Crippen molar-refractivity contribution in [3.05, 3.63) is 47.4 Å². The molecule has 11 heteroatoms. The third-order valence-electron chi connectivity index (χ3n) is 7.09. The number of fused-ring (bicyclic) bond motifs is 1. The Morgan fingerprint density at radius 1 is 1.12 bits per heavy atom. The summed E-state index contributed by atoms with van der Waals surface area (Å²) >= 11 is 0. The Labute approximate surface area is 235 Å². The molecule has 0 radical (unpaired) electrons. The lowest BCUT2D eigenvalue weighted by Crippen LogP contribution is -2.54. The van der Waals surface area contributed by atoms with Crippen molar-refractivity contribution in [2.75, 3.05) is 25.8 Å². The standard InChI is InChI=1S/C29H41N5O6/c1-29(2,3)40-28(37)34-16-20-12-22(39-18-38-4)11-10-19(20)13-24(34)25(35)15-30-27(36)23-14-26(32-17-31-23)33-21-8-6-5-7-9-21/h10-12,14,17,21,24-25,35H,5-9,13,15-16,18H2,1-4H3,(H,30,36)(H,31,32,33)/t24-,25+/m0/s1. The summed E-state index contributed by atoms with van der Waals surface area (Å²) < 4.78 is 16.2. The molecular formula is C29H41N5O6. The summed E-state index contributed by atoms with van der Waals surface area (Å²) in [6.07, 6.45) is 5.95. The Kier molecular flexibility index (Phi) is 9.80. The number of aromatic nitrogens is 2. The van der Waals surface area contributed by atoms with Crippen LogP contribution in [0.15, 0.2) is 30.6 Å². The van der Waals surface area contributed by atoms with Crippen molar-refractivity contribution in [1.29, 1.82) is 0 Å². The molecule has 4 rings (SSSR count). The van der Waals surface area contributed by atoms with Crippen LogP contribution in [0.2, 0.25) is 0 Å². The molecule has 1 fully saturated rings. The highest BCUT2D eigenvalue weighted by molar-refractivity contribution is 5.92. The van der Waals surface area contributed by atoms with Crippen LogP contribution in [0.1, 0.15) is 74.5 Å². The van der Waals surface area contributed by atoms with Crippen molar-refractivity contribution in [2.24, 2.45) is 0 Å². The highest BCUT2D eigenvalue weighted by Gasteiger charge is 2.37. The predicted molar refractivity (Wildman–Crippen MR) is 149 cm³/mol. The molecule has 0 spiro atoms. The zero-order valence-electron chi connectivity index (χ0n) is 23.8. The first-order valence-electron chi connectivity index (χ1n) is 13.9. The van der Waals surface area contributed by atoms with Gasteiger partial charge in [-0.3, -0.25) is 9.69 Å². The number of aliphatic hydroxyl groups is 1. The Morgan fingerprint density at radius 2 is 1.90 bits per heavy atom. The van der Waals surface area contributed by atoms with E-state index in [1.807, 2.05) is 18.2 Å². The van der Waals surface area contributed by atoms with E-state index in [4.69, 9.17) is 14.2 Å². The Hall–Kier alpha value is -3.44. The van der Waals surface area contributed by atoms with E-state index >= 15 is 0 Å². The van der Waals surface area contributed by atoms with E-state index in [0.717, 1.165) is 24.0 Å². The summed E-state index contributed by atoms with van der Waals surface area (Å²) in [6.45, 7) is 5.66. The summed E-state index contributed by atoms with van der Waals surface area (Å²) in [6, 6.07) is 6.99. The molecule has 1 aliphatic carbocycles. The van der Waals surface area contributed by atoms with Crippen LogP contribution in [-0.4, -0.2) is 76.2 Å². The van der Waals surface area contributed by atoms with Crippen molar-refractivity contribution in [1.82, 2.24) is 20.2 Å². The minimum atomic E-state index is -1.05. The smallest absolute Gasteiger partial charge is 0.410 e. The lowest BCUT2D eigenvalue weighted by atomic mass is 9.91. The fraction of sp³-hybridized carbons (Fsp3) is 0.586. The van der Waals surface area contributed by atoms with E-state index in [1.54, 1.807) is 33.9 Å². The van der Waals surface area contributed by atoms with Gasteiger partial charge in [-0.25, -0.2) is 14.8 Å². The number of amides is 2. The van der Waals surface area contributed by atoms with Gasteiger partial charge in [0, 0.05) is 32.3 Å². The number of nitrogens with one attached hydrogen (secondary N) is 2. The molecule has 0 unspecified atom stereocenters. The van der Waals surface area contributed by atoms with Gasteiger partial charge in [0.25, 0.3) is 5.91 Å². The first kappa shape index (κ1) is 29.5. The first-order chi connectivity index (χ1) is 19.1. The maximum absolute atomic E-state index is 13.2. The summed E-state index contributed by atoms with van der Waals surface area (Å²) in [5.41, 5.74) is 1.38. The average Bonchev–Trinajstić information content (AvgIpc) is 2.93. The summed E-state index contributed by atoms with van der Waals surface area (Å²) in [5, 5.41) is 17.4. The van der Waals surface area contributed by atoms with Crippen LogP contribution in [0.3, 0.4) is 0 Å². The number of carbonyl (C=O) groups is 2. The molecule has 2 atom stereocenters. The van der Waals surface area contributed by atoms with Crippen LogP contribution >= 0.6 is 0 Å². The molecule has 40 heavy (non-hydrogen) atoms. The van der Waals surface area contributed by atoms with Gasteiger partial charge in [-0.2, -0.15) is 0 Å². The van der Waals surface area contributed by atoms with Gasteiger partial charge in [0.05, 0.1) is 12.1 Å². The topological polar surface area (TPSA) is 135 Å². The molecule has 0 bridgehead atoms. The summed E-state index contributed by atoms with van der Waals surface area (Å²) in [5.74, 6) is 0.813. The van der Waals surface area contributed by atoms with E-state index in [9.17, 15) is 14.7 Å². The number of methoxy groups -OCH3 is 1. The number of hydrogen-bond donors (Lipinski definition) is 3. The Bertz CT molecular complexity index is 1160. The van der Waals surface area contributed by atoms with Crippen molar-refractivity contribution in [3.8, 4) is 5.75 Å². The molecule has 2 aromatic rings. The van der Waals surface area contributed by atoms with Gasteiger partial charge in [0.1, 0.15) is 29.2 Å². The fourth-order valence-electron chi connectivity index (χ4n) is 5.11. The molecule has 11 nitrogen and oxygen atoms in total. The second-order valence-corrected chi connectivity index (χ2v) is 11.4. The highest BCUT2D eigenvalue weighted by atomic mass is 16.7. The van der Waals surface area contributed by atoms with Crippen molar-refractivity contribution in [3.63, 3.8) is 0 Å². The number of aliphatic hydroxyl groups excluding tert-OH is 1.